The third-order valence-electron chi connectivity index (χ3n) is 3.92. The summed E-state index contributed by atoms with van der Waals surface area (Å²) in [7, 11) is 1.64. The van der Waals surface area contributed by atoms with Crippen molar-refractivity contribution in [2.45, 2.75) is 11.7 Å². The van der Waals surface area contributed by atoms with E-state index in [2.05, 4.69) is 22.8 Å². The van der Waals surface area contributed by atoms with E-state index in [1.807, 2.05) is 41.0 Å². The number of thioether (sulfide) groups is 1. The third kappa shape index (κ3) is 4.53. The van der Waals surface area contributed by atoms with Gasteiger partial charge < -0.3 is 9.47 Å². The van der Waals surface area contributed by atoms with Crippen LogP contribution >= 0.6 is 11.8 Å². The molecule has 28 heavy (non-hydrogen) atoms. The fourth-order valence-electron chi connectivity index (χ4n) is 2.67. The molecule has 0 amide bonds. The summed E-state index contributed by atoms with van der Waals surface area (Å²) in [5.74, 6) is 2.86. The van der Waals surface area contributed by atoms with Crippen molar-refractivity contribution < 1.29 is 9.47 Å². The maximum Gasteiger partial charge on any atom is 0.191 e. The van der Waals surface area contributed by atoms with Gasteiger partial charge in [-0.15, -0.1) is 16.8 Å². The van der Waals surface area contributed by atoms with E-state index in [4.69, 9.17) is 14.7 Å². The van der Waals surface area contributed by atoms with Crippen molar-refractivity contribution in [3.8, 4) is 29.0 Å². The number of hydrogen-bond donors (Lipinski definition) is 0. The fraction of sp³-hybridized carbons (Fsp3) is 0.190. The van der Waals surface area contributed by atoms with Crippen molar-refractivity contribution in [2.75, 3.05) is 19.5 Å². The number of hydrogen-bond acceptors (Lipinski definition) is 6. The second kappa shape index (κ2) is 9.62. The van der Waals surface area contributed by atoms with Gasteiger partial charge in [0.1, 0.15) is 11.5 Å². The van der Waals surface area contributed by atoms with Gasteiger partial charge in [-0.3, -0.25) is 4.57 Å². The van der Waals surface area contributed by atoms with Crippen LogP contribution < -0.4 is 9.47 Å². The summed E-state index contributed by atoms with van der Waals surface area (Å²) in [6, 6.07) is 17.0. The van der Waals surface area contributed by atoms with Crippen LogP contribution in [0.2, 0.25) is 0 Å². The highest BCUT2D eigenvalue weighted by Crippen LogP contribution is 2.30. The molecule has 2 aromatic carbocycles. The molecule has 0 atom stereocenters. The number of nitrogens with zero attached hydrogens (tertiary/aromatic N) is 4. The van der Waals surface area contributed by atoms with Crippen LogP contribution in [-0.2, 0) is 6.54 Å². The summed E-state index contributed by atoms with van der Waals surface area (Å²) in [4.78, 5) is 0. The van der Waals surface area contributed by atoms with E-state index < -0.39 is 0 Å². The number of para-hydroxylation sites is 1. The van der Waals surface area contributed by atoms with Crippen LogP contribution in [0.5, 0.6) is 11.5 Å². The van der Waals surface area contributed by atoms with Crippen LogP contribution in [0.1, 0.15) is 5.56 Å². The molecular formula is C21H20N4O2S. The van der Waals surface area contributed by atoms with Crippen molar-refractivity contribution in [1.82, 2.24) is 14.8 Å². The Balaban J connectivity index is 1.69. The quantitative estimate of drug-likeness (QED) is 0.309. The predicted octanol–water partition coefficient (Wildman–Crippen LogP) is 4.18. The first-order valence-electron chi connectivity index (χ1n) is 8.70. The molecule has 0 N–H and O–H groups in total. The Hall–Kier alpha value is -3.24. The van der Waals surface area contributed by atoms with Gasteiger partial charge in [0.25, 0.3) is 0 Å². The van der Waals surface area contributed by atoms with Crippen molar-refractivity contribution in [3.63, 3.8) is 0 Å². The molecule has 3 aromatic rings. The summed E-state index contributed by atoms with van der Waals surface area (Å²) < 4.78 is 13.2. The third-order valence-corrected chi connectivity index (χ3v) is 4.85. The lowest BCUT2D eigenvalue weighted by Crippen LogP contribution is -2.04. The highest BCUT2D eigenvalue weighted by molar-refractivity contribution is 7.99. The Labute approximate surface area is 168 Å². The van der Waals surface area contributed by atoms with E-state index in [1.165, 1.54) is 0 Å². The van der Waals surface area contributed by atoms with Gasteiger partial charge in [-0.2, -0.15) is 5.26 Å². The molecule has 1 aromatic heterocycles. The largest absolute Gasteiger partial charge is 0.496 e. The highest BCUT2D eigenvalue weighted by atomic mass is 32.2. The zero-order valence-corrected chi connectivity index (χ0v) is 16.4. The van der Waals surface area contributed by atoms with Gasteiger partial charge in [0.2, 0.25) is 0 Å². The fourth-order valence-corrected chi connectivity index (χ4v) is 3.43. The molecular weight excluding hydrogens is 372 g/mol. The van der Waals surface area contributed by atoms with Gasteiger partial charge in [0, 0.05) is 12.3 Å². The van der Waals surface area contributed by atoms with Crippen molar-refractivity contribution >= 4 is 11.8 Å². The molecule has 0 saturated carbocycles. The molecule has 1 heterocycles. The molecule has 6 nitrogen and oxygen atoms in total. The minimum absolute atomic E-state index is 0.491. The zero-order valence-electron chi connectivity index (χ0n) is 15.5. The Kier molecular flexibility index (Phi) is 6.71. The lowest BCUT2D eigenvalue weighted by molar-refractivity contribution is 0.343. The summed E-state index contributed by atoms with van der Waals surface area (Å²) in [5, 5.41) is 18.4. The van der Waals surface area contributed by atoms with E-state index in [1.54, 1.807) is 37.1 Å². The van der Waals surface area contributed by atoms with E-state index in [-0.39, 0.29) is 0 Å². The Morgan fingerprint density at radius 1 is 1.21 bits per heavy atom. The molecule has 3 rings (SSSR count). The lowest BCUT2D eigenvalue weighted by Gasteiger charge is -2.11. The van der Waals surface area contributed by atoms with Crippen LogP contribution in [0.25, 0.3) is 11.4 Å². The maximum absolute atomic E-state index is 8.95. The number of nitriles is 1. The minimum Gasteiger partial charge on any atom is -0.496 e. The second-order valence-corrected chi connectivity index (χ2v) is 6.80. The molecule has 0 radical (unpaired) electrons. The van der Waals surface area contributed by atoms with Crippen molar-refractivity contribution in [1.29, 1.82) is 5.26 Å². The summed E-state index contributed by atoms with van der Waals surface area (Å²) in [6.45, 7) is 4.92. The molecule has 0 aliphatic heterocycles. The summed E-state index contributed by atoms with van der Waals surface area (Å²) >= 11 is 1.56. The van der Waals surface area contributed by atoms with Gasteiger partial charge in [0.15, 0.2) is 11.0 Å². The SMILES string of the molecule is C=CCn1c(SCCOc2cccc(C#N)c2)nnc1-c1ccccc1OC. The smallest absolute Gasteiger partial charge is 0.191 e. The number of allylic oxidation sites excluding steroid dienone is 1. The van der Waals surface area contributed by atoms with Gasteiger partial charge >= 0.3 is 0 Å². The summed E-state index contributed by atoms with van der Waals surface area (Å²) in [6.07, 6.45) is 1.82. The number of benzene rings is 2. The molecule has 0 aliphatic carbocycles. The second-order valence-electron chi connectivity index (χ2n) is 5.74. The van der Waals surface area contributed by atoms with Crippen LogP contribution in [0.3, 0.4) is 0 Å². The standard InChI is InChI=1S/C21H20N4O2S/c1-3-11-25-20(18-9-4-5-10-19(18)26-2)23-24-21(25)28-13-12-27-17-8-6-7-16(14-17)15-22/h3-10,14H,1,11-13H2,2H3. The van der Waals surface area contributed by atoms with Gasteiger partial charge in [-0.05, 0) is 30.3 Å². The van der Waals surface area contributed by atoms with Crippen LogP contribution in [0.4, 0.5) is 0 Å². The number of ether oxygens (including phenoxy) is 2. The van der Waals surface area contributed by atoms with E-state index >= 15 is 0 Å². The number of rotatable bonds is 9. The minimum atomic E-state index is 0.491. The van der Waals surface area contributed by atoms with Gasteiger partial charge in [-0.1, -0.05) is 36.0 Å². The average molecular weight is 392 g/mol. The normalized spacial score (nSPS) is 10.3. The topological polar surface area (TPSA) is 73.0 Å². The Bertz CT molecular complexity index is 994. The first-order chi connectivity index (χ1) is 13.8. The van der Waals surface area contributed by atoms with E-state index in [0.717, 1.165) is 22.3 Å². The molecule has 142 valence electrons. The first kappa shape index (κ1) is 19.5. The van der Waals surface area contributed by atoms with Gasteiger partial charge in [-0.25, -0.2) is 0 Å². The summed E-state index contributed by atoms with van der Waals surface area (Å²) in [5.41, 5.74) is 1.47. The number of methoxy groups -OCH3 is 1. The molecule has 0 fully saturated rings. The van der Waals surface area contributed by atoms with Crippen molar-refractivity contribution in [2.24, 2.45) is 0 Å². The van der Waals surface area contributed by atoms with Crippen LogP contribution in [-0.4, -0.2) is 34.2 Å². The molecule has 0 saturated heterocycles. The molecule has 7 heteroatoms. The molecule has 0 unspecified atom stereocenters. The Morgan fingerprint density at radius 2 is 2.07 bits per heavy atom. The zero-order chi connectivity index (χ0) is 19.8. The Morgan fingerprint density at radius 3 is 2.86 bits per heavy atom. The lowest BCUT2D eigenvalue weighted by atomic mass is 10.2. The van der Waals surface area contributed by atoms with E-state index in [9.17, 15) is 0 Å². The van der Waals surface area contributed by atoms with Crippen molar-refractivity contribution in [3.05, 3.63) is 66.7 Å². The molecule has 0 bridgehead atoms. The maximum atomic E-state index is 8.95. The molecule has 0 aliphatic rings. The predicted molar refractivity (Wildman–Crippen MR) is 110 cm³/mol. The molecule has 0 spiro atoms. The number of aromatic nitrogens is 3. The van der Waals surface area contributed by atoms with Crippen LogP contribution in [0, 0.1) is 11.3 Å². The highest BCUT2D eigenvalue weighted by Gasteiger charge is 2.16. The average Bonchev–Trinajstić information content (AvgIpc) is 3.14. The van der Waals surface area contributed by atoms with Gasteiger partial charge in [0.05, 0.1) is 30.9 Å². The first-order valence-corrected chi connectivity index (χ1v) is 9.68. The monoisotopic (exact) mass is 392 g/mol. The van der Waals surface area contributed by atoms with Crippen LogP contribution in [0.15, 0.2) is 66.3 Å². The van der Waals surface area contributed by atoms with E-state index in [0.29, 0.717) is 30.2 Å².